The highest BCUT2D eigenvalue weighted by atomic mass is 19.1. The summed E-state index contributed by atoms with van der Waals surface area (Å²) in [5, 5.41) is 14.0. The summed E-state index contributed by atoms with van der Waals surface area (Å²) in [6.45, 7) is 2.16. The van der Waals surface area contributed by atoms with E-state index >= 15 is 0 Å². The van der Waals surface area contributed by atoms with Gasteiger partial charge in [-0.1, -0.05) is 30.3 Å². The normalized spacial score (nSPS) is 13.6. The number of aromatic nitrogens is 2. The number of benzene rings is 3. The van der Waals surface area contributed by atoms with Crippen molar-refractivity contribution in [3.05, 3.63) is 101 Å². The lowest BCUT2D eigenvalue weighted by molar-refractivity contribution is 0.0946. The molecule has 0 spiro atoms. The average Bonchev–Trinajstić information content (AvgIpc) is 3.40. The van der Waals surface area contributed by atoms with Crippen molar-refractivity contribution in [3.8, 4) is 11.4 Å². The van der Waals surface area contributed by atoms with Crippen molar-refractivity contribution in [3.63, 3.8) is 0 Å². The predicted octanol–water partition coefficient (Wildman–Crippen LogP) is 4.26. The van der Waals surface area contributed by atoms with Crippen LogP contribution in [0.4, 0.5) is 15.8 Å². The van der Waals surface area contributed by atoms with Crippen LogP contribution in [0.15, 0.2) is 72.9 Å². The molecule has 0 radical (unpaired) electrons. The van der Waals surface area contributed by atoms with Gasteiger partial charge < -0.3 is 26.4 Å². The molecule has 5 rings (SSSR count). The highest BCUT2D eigenvalue weighted by Crippen LogP contribution is 2.33. The molecule has 0 unspecified atom stereocenters. The second kappa shape index (κ2) is 12.0. The molecule has 1 fully saturated rings. The first-order valence-corrected chi connectivity index (χ1v) is 13.1. The predicted molar refractivity (Wildman–Crippen MR) is 151 cm³/mol. The first kappa shape index (κ1) is 26.9. The molecule has 5 N–H and O–H groups in total. The molecule has 206 valence electrons. The standard InChI is InChI=1S/C30H31FN6O3/c1-40-27-11-8-21(31)16-24(27)30(39)34-17-19-6-9-22(10-7-19)37-28(29(32)38)26(18-35-37)36-25-5-3-2-4-23(25)20-12-14-33-15-13-20/h2-11,16,18,20,33,36H,12-15,17H2,1H3,(H2,32,38)(H,34,39). The van der Waals surface area contributed by atoms with Crippen LogP contribution in [-0.2, 0) is 6.54 Å². The first-order valence-electron chi connectivity index (χ1n) is 13.1. The van der Waals surface area contributed by atoms with Gasteiger partial charge in [0, 0.05) is 12.2 Å². The number of nitrogens with two attached hydrogens (primary N) is 1. The molecule has 40 heavy (non-hydrogen) atoms. The molecule has 3 aromatic carbocycles. The number of hydrogen-bond donors (Lipinski definition) is 4. The fourth-order valence-electron chi connectivity index (χ4n) is 5.01. The minimum atomic E-state index is -0.611. The van der Waals surface area contributed by atoms with Gasteiger partial charge in [-0.05, 0) is 79.4 Å². The summed E-state index contributed by atoms with van der Waals surface area (Å²) in [5.41, 5.74) is 10.2. The second-order valence-corrected chi connectivity index (χ2v) is 9.61. The zero-order valence-electron chi connectivity index (χ0n) is 22.1. The number of piperidine rings is 1. The lowest BCUT2D eigenvalue weighted by Crippen LogP contribution is -2.27. The minimum Gasteiger partial charge on any atom is -0.496 e. The van der Waals surface area contributed by atoms with Crippen LogP contribution < -0.4 is 26.4 Å². The molecular weight excluding hydrogens is 511 g/mol. The third-order valence-electron chi connectivity index (χ3n) is 7.05. The topological polar surface area (TPSA) is 123 Å². The van der Waals surface area contributed by atoms with E-state index < -0.39 is 17.6 Å². The molecule has 0 saturated carbocycles. The Hall–Kier alpha value is -4.70. The van der Waals surface area contributed by atoms with Crippen molar-refractivity contribution < 1.29 is 18.7 Å². The SMILES string of the molecule is COc1ccc(F)cc1C(=O)NCc1ccc(-n2ncc(Nc3ccccc3C3CCNCC3)c2C(N)=O)cc1. The van der Waals surface area contributed by atoms with Crippen molar-refractivity contribution >= 4 is 23.2 Å². The summed E-state index contributed by atoms with van der Waals surface area (Å²) in [7, 11) is 1.42. The molecular formula is C30H31FN6O3. The molecule has 0 aliphatic carbocycles. The Morgan fingerprint density at radius 3 is 2.55 bits per heavy atom. The maximum absolute atomic E-state index is 13.6. The van der Waals surface area contributed by atoms with E-state index in [9.17, 15) is 14.0 Å². The van der Waals surface area contributed by atoms with Gasteiger partial charge in [0.05, 0.1) is 30.2 Å². The molecule has 9 nitrogen and oxygen atoms in total. The summed E-state index contributed by atoms with van der Waals surface area (Å²) in [4.78, 5) is 25.1. The summed E-state index contributed by atoms with van der Waals surface area (Å²) < 4.78 is 20.3. The van der Waals surface area contributed by atoms with Gasteiger partial charge in [0.2, 0.25) is 0 Å². The van der Waals surface area contributed by atoms with Crippen molar-refractivity contribution in [2.45, 2.75) is 25.3 Å². The van der Waals surface area contributed by atoms with E-state index in [1.165, 1.54) is 29.5 Å². The van der Waals surface area contributed by atoms with Crippen molar-refractivity contribution in [2.24, 2.45) is 5.73 Å². The number of nitrogens with zero attached hydrogens (tertiary/aromatic N) is 2. The third-order valence-corrected chi connectivity index (χ3v) is 7.05. The minimum absolute atomic E-state index is 0.114. The van der Waals surface area contributed by atoms with Gasteiger partial charge in [0.1, 0.15) is 11.6 Å². The van der Waals surface area contributed by atoms with Gasteiger partial charge in [0.15, 0.2) is 5.69 Å². The summed E-state index contributed by atoms with van der Waals surface area (Å²) >= 11 is 0. The quantitative estimate of drug-likeness (QED) is 0.251. The Morgan fingerprint density at radius 2 is 1.82 bits per heavy atom. The van der Waals surface area contributed by atoms with Crippen molar-refractivity contribution in [1.29, 1.82) is 0 Å². The van der Waals surface area contributed by atoms with E-state index in [0.717, 1.165) is 43.2 Å². The summed E-state index contributed by atoms with van der Waals surface area (Å²) in [6, 6.07) is 19.1. The van der Waals surface area contributed by atoms with Crippen molar-refractivity contribution in [2.75, 3.05) is 25.5 Å². The van der Waals surface area contributed by atoms with E-state index in [1.54, 1.807) is 18.3 Å². The van der Waals surface area contributed by atoms with E-state index in [-0.39, 0.29) is 23.6 Å². The van der Waals surface area contributed by atoms with Gasteiger partial charge in [0.25, 0.3) is 11.8 Å². The van der Waals surface area contributed by atoms with Crippen molar-refractivity contribution in [1.82, 2.24) is 20.4 Å². The second-order valence-electron chi connectivity index (χ2n) is 9.61. The molecule has 4 aromatic rings. The Bertz CT molecular complexity index is 1510. The molecule has 2 heterocycles. The number of nitrogens with one attached hydrogen (secondary N) is 3. The number of primary amides is 1. The average molecular weight is 543 g/mol. The number of carbonyl (C=O) groups excluding carboxylic acids is 2. The van der Waals surface area contributed by atoms with Crippen LogP contribution in [0.1, 0.15) is 50.7 Å². The number of halogens is 1. The number of anilines is 2. The molecule has 1 aliphatic rings. The number of para-hydroxylation sites is 1. The highest BCUT2D eigenvalue weighted by molar-refractivity contribution is 5.98. The number of carbonyl (C=O) groups is 2. The highest BCUT2D eigenvalue weighted by Gasteiger charge is 2.22. The monoisotopic (exact) mass is 542 g/mol. The molecule has 1 aromatic heterocycles. The number of rotatable bonds is 9. The van der Waals surface area contributed by atoms with Crippen LogP contribution in [0.25, 0.3) is 5.69 Å². The van der Waals surface area contributed by atoms with E-state index in [0.29, 0.717) is 17.3 Å². The van der Waals surface area contributed by atoms with Gasteiger partial charge >= 0.3 is 0 Å². The third kappa shape index (κ3) is 5.81. The molecule has 1 saturated heterocycles. The van der Waals surface area contributed by atoms with Gasteiger partial charge in [-0.25, -0.2) is 9.07 Å². The van der Waals surface area contributed by atoms with E-state index in [2.05, 4.69) is 27.1 Å². The number of amides is 2. The first-order chi connectivity index (χ1) is 19.4. The van der Waals surface area contributed by atoms with Crippen LogP contribution in [0.2, 0.25) is 0 Å². The lowest BCUT2D eigenvalue weighted by atomic mass is 9.89. The smallest absolute Gasteiger partial charge is 0.269 e. The molecule has 2 amide bonds. The largest absolute Gasteiger partial charge is 0.496 e. The van der Waals surface area contributed by atoms with Gasteiger partial charge in [-0.15, -0.1) is 0 Å². The Labute approximate surface area is 231 Å². The molecule has 1 aliphatic heterocycles. The van der Waals surface area contributed by atoms with E-state index in [1.807, 2.05) is 30.3 Å². The lowest BCUT2D eigenvalue weighted by Gasteiger charge is -2.25. The molecule has 0 atom stereocenters. The van der Waals surface area contributed by atoms with Crippen LogP contribution in [0, 0.1) is 5.82 Å². The van der Waals surface area contributed by atoms with Crippen LogP contribution in [0.3, 0.4) is 0 Å². The zero-order valence-corrected chi connectivity index (χ0v) is 22.1. The number of ether oxygens (including phenoxy) is 1. The Morgan fingerprint density at radius 1 is 1.07 bits per heavy atom. The van der Waals surface area contributed by atoms with E-state index in [4.69, 9.17) is 10.5 Å². The fourth-order valence-corrected chi connectivity index (χ4v) is 5.01. The van der Waals surface area contributed by atoms with Gasteiger partial charge in [-0.3, -0.25) is 9.59 Å². The number of hydrogen-bond acceptors (Lipinski definition) is 6. The van der Waals surface area contributed by atoms with Crippen LogP contribution in [-0.4, -0.2) is 41.8 Å². The Balaban J connectivity index is 1.32. The summed E-state index contributed by atoms with van der Waals surface area (Å²) in [6.07, 6.45) is 3.69. The maximum Gasteiger partial charge on any atom is 0.269 e. The fraction of sp³-hybridized carbons (Fsp3) is 0.233. The van der Waals surface area contributed by atoms with Crippen LogP contribution >= 0.6 is 0 Å². The molecule has 0 bridgehead atoms. The Kier molecular flexibility index (Phi) is 8.07. The summed E-state index contributed by atoms with van der Waals surface area (Å²) in [5.74, 6) is -0.881. The number of methoxy groups -OCH3 is 1. The zero-order chi connectivity index (χ0) is 28.1. The molecule has 10 heteroatoms. The van der Waals surface area contributed by atoms with Gasteiger partial charge in [-0.2, -0.15) is 5.10 Å². The maximum atomic E-state index is 13.6. The van der Waals surface area contributed by atoms with Crippen LogP contribution in [0.5, 0.6) is 5.75 Å².